The van der Waals surface area contributed by atoms with Gasteiger partial charge in [0.1, 0.15) is 5.75 Å². The predicted molar refractivity (Wildman–Crippen MR) is 111 cm³/mol. The maximum absolute atomic E-state index is 6.26. The fourth-order valence-corrected chi connectivity index (χ4v) is 4.59. The average molecular weight is 431 g/mol. The van der Waals surface area contributed by atoms with E-state index >= 15 is 0 Å². The van der Waals surface area contributed by atoms with Crippen molar-refractivity contribution in [2.45, 2.75) is 25.0 Å². The molecule has 0 spiro atoms. The zero-order chi connectivity index (χ0) is 18.6. The fraction of sp³-hybridized carbons (Fsp3) is 0.455. The lowest BCUT2D eigenvalue weighted by atomic mass is 9.90. The van der Waals surface area contributed by atoms with Gasteiger partial charge in [-0.25, -0.2) is 0 Å². The molecule has 1 saturated heterocycles. The van der Waals surface area contributed by atoms with Gasteiger partial charge in [0.15, 0.2) is 0 Å². The number of piperazine rings is 1. The highest BCUT2D eigenvalue weighted by molar-refractivity contribution is 9.10. The second-order valence-electron chi connectivity index (χ2n) is 7.26. The zero-order valence-corrected chi connectivity index (χ0v) is 17.4. The van der Waals surface area contributed by atoms with Crippen LogP contribution in [-0.2, 0) is 11.2 Å². The number of hydrogen-bond acceptors (Lipinski definition) is 4. The van der Waals surface area contributed by atoms with E-state index in [1.165, 1.54) is 16.7 Å². The van der Waals surface area contributed by atoms with Crippen LogP contribution in [0.4, 0.5) is 0 Å². The lowest BCUT2D eigenvalue weighted by molar-refractivity contribution is 0.0119. The molecule has 0 aliphatic carbocycles. The summed E-state index contributed by atoms with van der Waals surface area (Å²) in [6, 6.07) is 15.5. The minimum absolute atomic E-state index is 0.133. The number of benzene rings is 2. The highest BCUT2D eigenvalue weighted by Gasteiger charge is 2.29. The molecule has 0 radical (unpaired) electrons. The number of nitrogens with zero attached hydrogens (tertiary/aromatic N) is 1. The highest BCUT2D eigenvalue weighted by atomic mass is 79.9. The number of fused-ring (bicyclic) bond motifs is 1. The number of rotatable bonds is 5. The number of halogens is 1. The normalized spacial score (nSPS) is 21.5. The molecule has 2 unspecified atom stereocenters. The SMILES string of the molecule is COc1ccc(C(CC2OCCc3ccc(Br)cc32)N2CCNCC2)cc1. The monoisotopic (exact) mass is 430 g/mol. The van der Waals surface area contributed by atoms with Crippen molar-refractivity contribution in [3.8, 4) is 5.75 Å². The molecule has 4 nitrogen and oxygen atoms in total. The van der Waals surface area contributed by atoms with Crippen LogP contribution in [0.1, 0.15) is 35.3 Å². The van der Waals surface area contributed by atoms with Crippen LogP contribution < -0.4 is 10.1 Å². The Morgan fingerprint density at radius 1 is 1.19 bits per heavy atom. The van der Waals surface area contributed by atoms with Gasteiger partial charge in [0.25, 0.3) is 0 Å². The van der Waals surface area contributed by atoms with Gasteiger partial charge in [-0.05, 0) is 53.8 Å². The van der Waals surface area contributed by atoms with Gasteiger partial charge < -0.3 is 14.8 Å². The molecule has 2 aliphatic heterocycles. The van der Waals surface area contributed by atoms with Crippen LogP contribution in [0.15, 0.2) is 46.9 Å². The van der Waals surface area contributed by atoms with Crippen LogP contribution >= 0.6 is 15.9 Å². The number of methoxy groups -OCH3 is 1. The average Bonchev–Trinajstić information content (AvgIpc) is 2.73. The van der Waals surface area contributed by atoms with E-state index in [0.717, 1.165) is 55.8 Å². The summed E-state index contributed by atoms with van der Waals surface area (Å²) in [7, 11) is 1.72. The van der Waals surface area contributed by atoms with Crippen molar-refractivity contribution in [2.75, 3.05) is 39.9 Å². The molecule has 2 heterocycles. The summed E-state index contributed by atoms with van der Waals surface area (Å²) in [6.45, 7) is 5.01. The van der Waals surface area contributed by atoms with Gasteiger partial charge in [0.2, 0.25) is 0 Å². The molecule has 2 aromatic carbocycles. The Morgan fingerprint density at radius 2 is 1.96 bits per heavy atom. The maximum Gasteiger partial charge on any atom is 0.118 e. The summed E-state index contributed by atoms with van der Waals surface area (Å²) >= 11 is 3.63. The number of nitrogens with one attached hydrogen (secondary N) is 1. The van der Waals surface area contributed by atoms with E-state index in [1.807, 2.05) is 0 Å². The summed E-state index contributed by atoms with van der Waals surface area (Å²) in [5, 5.41) is 3.47. The predicted octanol–water partition coefficient (Wildman–Crippen LogP) is 4.11. The van der Waals surface area contributed by atoms with E-state index in [2.05, 4.69) is 68.6 Å². The molecule has 0 aromatic heterocycles. The molecule has 0 amide bonds. The fourth-order valence-electron chi connectivity index (χ4n) is 4.21. The third kappa shape index (κ3) is 4.37. The van der Waals surface area contributed by atoms with Crippen molar-refractivity contribution in [1.82, 2.24) is 10.2 Å². The molecule has 1 fully saturated rings. The molecule has 0 bridgehead atoms. The molecular weight excluding hydrogens is 404 g/mol. The topological polar surface area (TPSA) is 33.7 Å². The van der Waals surface area contributed by atoms with Gasteiger partial charge in [-0.1, -0.05) is 34.1 Å². The van der Waals surface area contributed by atoms with E-state index in [-0.39, 0.29) is 6.10 Å². The Morgan fingerprint density at radius 3 is 2.70 bits per heavy atom. The second kappa shape index (κ2) is 8.74. The van der Waals surface area contributed by atoms with Crippen molar-refractivity contribution in [3.63, 3.8) is 0 Å². The minimum atomic E-state index is 0.133. The van der Waals surface area contributed by atoms with E-state index in [1.54, 1.807) is 7.11 Å². The quantitative estimate of drug-likeness (QED) is 0.773. The first-order valence-corrected chi connectivity index (χ1v) is 10.5. The smallest absolute Gasteiger partial charge is 0.118 e. The Labute approximate surface area is 170 Å². The molecule has 1 N–H and O–H groups in total. The van der Waals surface area contributed by atoms with Crippen LogP contribution in [0.3, 0.4) is 0 Å². The van der Waals surface area contributed by atoms with Crippen LogP contribution in [0, 0.1) is 0 Å². The molecular formula is C22H27BrN2O2. The Hall–Kier alpha value is -1.40. The van der Waals surface area contributed by atoms with E-state index in [4.69, 9.17) is 9.47 Å². The van der Waals surface area contributed by atoms with E-state index < -0.39 is 0 Å². The van der Waals surface area contributed by atoms with E-state index in [9.17, 15) is 0 Å². The summed E-state index contributed by atoms with van der Waals surface area (Å²) < 4.78 is 12.7. The van der Waals surface area contributed by atoms with Crippen LogP contribution in [0.5, 0.6) is 5.75 Å². The van der Waals surface area contributed by atoms with Crippen molar-refractivity contribution in [3.05, 3.63) is 63.6 Å². The Bertz CT molecular complexity index is 759. The van der Waals surface area contributed by atoms with Gasteiger partial charge >= 0.3 is 0 Å². The molecule has 27 heavy (non-hydrogen) atoms. The lowest BCUT2D eigenvalue weighted by Gasteiger charge is -2.38. The number of ether oxygens (including phenoxy) is 2. The summed E-state index contributed by atoms with van der Waals surface area (Å²) in [5.74, 6) is 0.904. The van der Waals surface area contributed by atoms with Crippen molar-refractivity contribution < 1.29 is 9.47 Å². The summed E-state index contributed by atoms with van der Waals surface area (Å²) in [5.41, 5.74) is 4.09. The van der Waals surface area contributed by atoms with Crippen molar-refractivity contribution in [2.24, 2.45) is 0 Å². The first-order chi connectivity index (χ1) is 13.2. The van der Waals surface area contributed by atoms with Gasteiger partial charge in [-0.15, -0.1) is 0 Å². The standard InChI is InChI=1S/C22H27BrN2O2/c1-26-19-6-3-17(4-7-19)21(25-11-9-24-10-12-25)15-22-20-14-18(23)5-2-16(20)8-13-27-22/h2-7,14,21-22,24H,8-13,15H2,1H3. The zero-order valence-electron chi connectivity index (χ0n) is 15.8. The largest absolute Gasteiger partial charge is 0.497 e. The van der Waals surface area contributed by atoms with Crippen molar-refractivity contribution >= 4 is 15.9 Å². The molecule has 2 aromatic rings. The lowest BCUT2D eigenvalue weighted by Crippen LogP contribution is -2.45. The molecule has 4 rings (SSSR count). The summed E-state index contributed by atoms with van der Waals surface area (Å²) in [4.78, 5) is 2.59. The minimum Gasteiger partial charge on any atom is -0.497 e. The van der Waals surface area contributed by atoms with Gasteiger partial charge in [0, 0.05) is 36.7 Å². The third-order valence-electron chi connectivity index (χ3n) is 5.68. The van der Waals surface area contributed by atoms with Crippen LogP contribution in [0.2, 0.25) is 0 Å². The molecule has 144 valence electrons. The second-order valence-corrected chi connectivity index (χ2v) is 8.18. The molecule has 2 aliphatic rings. The first-order valence-electron chi connectivity index (χ1n) is 9.73. The highest BCUT2D eigenvalue weighted by Crippen LogP contribution is 2.38. The van der Waals surface area contributed by atoms with Gasteiger partial charge in [0.05, 0.1) is 19.8 Å². The van der Waals surface area contributed by atoms with Gasteiger partial charge in [-0.2, -0.15) is 0 Å². The Balaban J connectivity index is 1.62. The van der Waals surface area contributed by atoms with Crippen LogP contribution in [0.25, 0.3) is 0 Å². The van der Waals surface area contributed by atoms with E-state index in [0.29, 0.717) is 6.04 Å². The van der Waals surface area contributed by atoms with Gasteiger partial charge in [-0.3, -0.25) is 4.90 Å². The first kappa shape index (κ1) is 18.9. The molecule has 2 atom stereocenters. The summed E-state index contributed by atoms with van der Waals surface area (Å²) in [6.07, 6.45) is 2.10. The number of hydrogen-bond donors (Lipinski definition) is 1. The maximum atomic E-state index is 6.26. The van der Waals surface area contributed by atoms with Crippen LogP contribution in [-0.4, -0.2) is 44.8 Å². The molecule has 0 saturated carbocycles. The third-order valence-corrected chi connectivity index (χ3v) is 6.17. The Kier molecular flexibility index (Phi) is 6.13. The molecule has 5 heteroatoms. The van der Waals surface area contributed by atoms with Crippen molar-refractivity contribution in [1.29, 1.82) is 0 Å².